The lowest BCUT2D eigenvalue weighted by atomic mass is 10.3. The average Bonchev–Trinajstić information content (AvgIpc) is 2.33. The van der Waals surface area contributed by atoms with Crippen molar-refractivity contribution in [2.75, 3.05) is 6.54 Å². The average molecular weight is 156 g/mol. The highest BCUT2D eigenvalue weighted by Crippen LogP contribution is 2.05. The van der Waals surface area contributed by atoms with Crippen molar-refractivity contribution in [3.05, 3.63) is 21.9 Å². The van der Waals surface area contributed by atoms with Gasteiger partial charge in [0.2, 0.25) is 0 Å². The molecule has 0 aromatic heterocycles. The number of carbonyl (C=O) groups is 1. The van der Waals surface area contributed by atoms with Gasteiger partial charge in [0, 0.05) is 6.08 Å². The number of hydrogen-bond donors (Lipinski definition) is 1. The predicted octanol–water partition coefficient (Wildman–Crippen LogP) is -0.314. The zero-order valence-corrected chi connectivity index (χ0v) is 5.35. The molecule has 0 spiro atoms. The first-order chi connectivity index (χ1) is 5.11. The van der Waals surface area contributed by atoms with Crippen molar-refractivity contribution >= 4 is 11.7 Å². The van der Waals surface area contributed by atoms with Crippen LogP contribution < -0.4 is 0 Å². The van der Waals surface area contributed by atoms with Crippen LogP contribution in [0.4, 0.5) is 0 Å². The van der Waals surface area contributed by atoms with E-state index in [-0.39, 0.29) is 18.0 Å². The Hall–Kier alpha value is -1.72. The maximum atomic E-state index is 10.2. The fourth-order valence-electron chi connectivity index (χ4n) is 0.655. The lowest BCUT2D eigenvalue weighted by Crippen LogP contribution is -2.07. The number of rotatable bonds is 2. The van der Waals surface area contributed by atoms with Crippen molar-refractivity contribution in [1.82, 2.24) is 0 Å². The third kappa shape index (κ3) is 1.40. The Morgan fingerprint density at radius 2 is 2.45 bits per heavy atom. The third-order valence-corrected chi connectivity index (χ3v) is 1.17. The summed E-state index contributed by atoms with van der Waals surface area (Å²) < 4.78 is 0. The lowest BCUT2D eigenvalue weighted by molar-refractivity contribution is -0.424. The van der Waals surface area contributed by atoms with Crippen LogP contribution in [-0.2, 0) is 4.79 Å². The molecule has 58 valence electrons. The zero-order chi connectivity index (χ0) is 8.43. The fraction of sp³-hybridized carbons (Fsp3) is 0.200. The molecule has 6 nitrogen and oxygen atoms in total. The molecule has 1 aliphatic rings. The van der Waals surface area contributed by atoms with Crippen LogP contribution in [0.25, 0.3) is 0 Å². The zero-order valence-electron chi connectivity index (χ0n) is 5.35. The van der Waals surface area contributed by atoms with E-state index in [1.54, 1.807) is 0 Å². The number of aliphatic imine (C=N–C) groups is 1. The Labute approximate surface area is 61.0 Å². The van der Waals surface area contributed by atoms with Crippen LogP contribution in [0.15, 0.2) is 16.8 Å². The Bertz CT molecular complexity index is 278. The number of carboxylic acid groups (broad SMARTS) is 1. The summed E-state index contributed by atoms with van der Waals surface area (Å²) in [7, 11) is 0. The number of nitro groups is 1. The van der Waals surface area contributed by atoms with Crippen LogP contribution in [0.3, 0.4) is 0 Å². The maximum Gasteiger partial charge on any atom is 0.354 e. The molecule has 0 bridgehead atoms. The maximum absolute atomic E-state index is 10.2. The molecular weight excluding hydrogens is 152 g/mol. The largest absolute Gasteiger partial charge is 0.477 e. The number of aliphatic carboxylic acids is 1. The Balaban J connectivity index is 2.79. The number of hydrogen-bond acceptors (Lipinski definition) is 4. The van der Waals surface area contributed by atoms with Crippen molar-refractivity contribution in [2.24, 2.45) is 4.99 Å². The van der Waals surface area contributed by atoms with Gasteiger partial charge in [0.25, 0.3) is 5.70 Å². The van der Waals surface area contributed by atoms with Gasteiger partial charge in [0.05, 0.1) is 4.92 Å². The molecule has 0 atom stereocenters. The quantitative estimate of drug-likeness (QED) is 0.438. The summed E-state index contributed by atoms with van der Waals surface area (Å²) in [4.78, 5) is 23.0. The van der Waals surface area contributed by atoms with Gasteiger partial charge >= 0.3 is 5.97 Å². The molecule has 1 aliphatic heterocycles. The van der Waals surface area contributed by atoms with Gasteiger partial charge in [-0.3, -0.25) is 15.1 Å². The molecule has 0 radical (unpaired) electrons. The molecule has 6 heteroatoms. The Morgan fingerprint density at radius 3 is 2.73 bits per heavy atom. The van der Waals surface area contributed by atoms with E-state index in [1.165, 1.54) is 0 Å². The van der Waals surface area contributed by atoms with Crippen LogP contribution in [0.2, 0.25) is 0 Å². The van der Waals surface area contributed by atoms with Gasteiger partial charge in [-0.2, -0.15) is 0 Å². The third-order valence-electron chi connectivity index (χ3n) is 1.17. The van der Waals surface area contributed by atoms with E-state index in [0.29, 0.717) is 0 Å². The number of nitrogens with zero attached hydrogens (tertiary/aromatic N) is 2. The van der Waals surface area contributed by atoms with E-state index in [9.17, 15) is 14.9 Å². The van der Waals surface area contributed by atoms with Gasteiger partial charge in [-0.1, -0.05) is 0 Å². The first kappa shape index (κ1) is 7.39. The number of carboxylic acids is 1. The van der Waals surface area contributed by atoms with E-state index >= 15 is 0 Å². The molecular formula is C5H4N2O4. The van der Waals surface area contributed by atoms with Crippen LogP contribution in [0.5, 0.6) is 0 Å². The molecule has 11 heavy (non-hydrogen) atoms. The smallest absolute Gasteiger partial charge is 0.354 e. The minimum atomic E-state index is -1.23. The SMILES string of the molecule is O=C(O)C1=NCC([N+](=O)[O-])=C1. The first-order valence-electron chi connectivity index (χ1n) is 2.74. The molecule has 0 aromatic carbocycles. The molecule has 0 aliphatic carbocycles. The summed E-state index contributed by atoms with van der Waals surface area (Å²) >= 11 is 0. The lowest BCUT2D eigenvalue weighted by Gasteiger charge is -1.83. The monoisotopic (exact) mass is 156 g/mol. The Morgan fingerprint density at radius 1 is 1.82 bits per heavy atom. The van der Waals surface area contributed by atoms with E-state index < -0.39 is 10.9 Å². The Kier molecular flexibility index (Phi) is 1.67. The minimum absolute atomic E-state index is 0.144. The summed E-state index contributed by atoms with van der Waals surface area (Å²) in [6.45, 7) is -0.144. The van der Waals surface area contributed by atoms with Crippen molar-refractivity contribution in [3.8, 4) is 0 Å². The van der Waals surface area contributed by atoms with Gasteiger partial charge in [-0.25, -0.2) is 4.79 Å². The highest BCUT2D eigenvalue weighted by molar-refractivity contribution is 6.41. The second kappa shape index (κ2) is 2.49. The predicted molar refractivity (Wildman–Crippen MR) is 35.0 cm³/mol. The summed E-state index contributed by atoms with van der Waals surface area (Å²) in [6, 6.07) is 0. The second-order valence-electron chi connectivity index (χ2n) is 1.90. The molecule has 0 amide bonds. The van der Waals surface area contributed by atoms with E-state index in [1.807, 2.05) is 0 Å². The second-order valence-corrected chi connectivity index (χ2v) is 1.90. The highest BCUT2D eigenvalue weighted by Gasteiger charge is 2.21. The minimum Gasteiger partial charge on any atom is -0.477 e. The van der Waals surface area contributed by atoms with Crippen molar-refractivity contribution in [3.63, 3.8) is 0 Å². The topological polar surface area (TPSA) is 92.8 Å². The molecule has 1 heterocycles. The normalized spacial score (nSPS) is 15.6. The summed E-state index contributed by atoms with van der Waals surface area (Å²) in [5.41, 5.74) is -0.431. The van der Waals surface area contributed by atoms with Crippen molar-refractivity contribution in [2.45, 2.75) is 0 Å². The van der Waals surface area contributed by atoms with Crippen LogP contribution in [-0.4, -0.2) is 28.3 Å². The highest BCUT2D eigenvalue weighted by atomic mass is 16.6. The van der Waals surface area contributed by atoms with Crippen LogP contribution in [0.1, 0.15) is 0 Å². The molecule has 1 N–H and O–H groups in total. The van der Waals surface area contributed by atoms with Gasteiger partial charge in [0.15, 0.2) is 0 Å². The molecule has 0 fully saturated rings. The molecule has 0 saturated heterocycles. The summed E-state index contributed by atoms with van der Waals surface area (Å²) in [6.07, 6.45) is 0.961. The van der Waals surface area contributed by atoms with Gasteiger partial charge in [-0.15, -0.1) is 0 Å². The van der Waals surface area contributed by atoms with Gasteiger partial charge in [-0.05, 0) is 0 Å². The van der Waals surface area contributed by atoms with Crippen molar-refractivity contribution in [1.29, 1.82) is 0 Å². The van der Waals surface area contributed by atoms with E-state index in [4.69, 9.17) is 5.11 Å². The molecule has 0 unspecified atom stereocenters. The van der Waals surface area contributed by atoms with Crippen LogP contribution in [0, 0.1) is 10.1 Å². The molecule has 1 rings (SSSR count). The molecule has 0 saturated carbocycles. The van der Waals surface area contributed by atoms with E-state index in [2.05, 4.69) is 4.99 Å². The van der Waals surface area contributed by atoms with Gasteiger partial charge in [0.1, 0.15) is 12.3 Å². The fourth-order valence-corrected chi connectivity index (χ4v) is 0.655. The standard InChI is InChI=1S/C5H4N2O4/c8-5(9)4-1-3(2-6-4)7(10)11/h1H,2H2,(H,8,9). The molecule has 0 aromatic rings. The van der Waals surface area contributed by atoms with E-state index in [0.717, 1.165) is 6.08 Å². The summed E-state index contributed by atoms with van der Waals surface area (Å²) in [5, 5.41) is 18.4. The van der Waals surface area contributed by atoms with Crippen LogP contribution >= 0.6 is 0 Å². The summed E-state index contributed by atoms with van der Waals surface area (Å²) in [5.74, 6) is -1.23. The first-order valence-corrected chi connectivity index (χ1v) is 2.74. The van der Waals surface area contributed by atoms with Crippen molar-refractivity contribution < 1.29 is 14.8 Å². The van der Waals surface area contributed by atoms with Gasteiger partial charge < -0.3 is 5.11 Å².